The first-order chi connectivity index (χ1) is 10.3. The molecule has 0 radical (unpaired) electrons. The first kappa shape index (κ1) is 16.0. The zero-order valence-electron chi connectivity index (χ0n) is 10.6. The van der Waals surface area contributed by atoms with Crippen molar-refractivity contribution in [2.45, 2.75) is 0 Å². The van der Waals surface area contributed by atoms with E-state index in [4.69, 9.17) is 23.2 Å². The Hall–Kier alpha value is -2.38. The number of nitrogens with one attached hydrogen (secondary N) is 1. The molecule has 0 saturated carbocycles. The molecule has 2 aromatic carbocycles. The molecular weight excluding hydrogens is 338 g/mol. The van der Waals surface area contributed by atoms with E-state index in [2.05, 4.69) is 5.32 Å². The summed E-state index contributed by atoms with van der Waals surface area (Å²) in [5.41, 5.74) is -1.25. The largest absolute Gasteiger partial charge is 0.501 e. The van der Waals surface area contributed by atoms with E-state index >= 15 is 0 Å². The second-order valence-corrected chi connectivity index (χ2v) is 4.94. The highest BCUT2D eigenvalue weighted by atomic mass is 35.5. The van der Waals surface area contributed by atoms with Crippen molar-refractivity contribution in [3.05, 3.63) is 61.9 Å². The van der Waals surface area contributed by atoms with Gasteiger partial charge in [-0.1, -0.05) is 23.2 Å². The van der Waals surface area contributed by atoms with E-state index in [0.717, 1.165) is 18.2 Å². The summed E-state index contributed by atoms with van der Waals surface area (Å²) in [6.07, 6.45) is 0. The van der Waals surface area contributed by atoms with Crippen LogP contribution in [0.1, 0.15) is 10.4 Å². The lowest BCUT2D eigenvalue weighted by atomic mass is 10.1. The van der Waals surface area contributed by atoms with E-state index in [1.54, 1.807) is 0 Å². The summed E-state index contributed by atoms with van der Waals surface area (Å²) < 4.78 is 12.8. The molecule has 114 valence electrons. The lowest BCUT2D eigenvalue weighted by Crippen LogP contribution is -2.15. The number of nitrogens with zero attached hydrogens (tertiary/aromatic N) is 1. The number of nitro groups is 1. The van der Waals surface area contributed by atoms with E-state index in [1.165, 1.54) is 12.1 Å². The van der Waals surface area contributed by atoms with Crippen molar-refractivity contribution >= 4 is 40.5 Å². The fourth-order valence-corrected chi connectivity index (χ4v) is 2.26. The highest BCUT2D eigenvalue weighted by Gasteiger charge is 2.30. The number of carbonyl (C=O) groups excluding carboxylic acids is 1. The van der Waals surface area contributed by atoms with Gasteiger partial charge in [0, 0.05) is 5.69 Å². The number of phenols is 1. The van der Waals surface area contributed by atoms with Gasteiger partial charge in [0.25, 0.3) is 5.91 Å². The molecule has 0 aromatic heterocycles. The maximum Gasteiger partial charge on any atom is 0.326 e. The van der Waals surface area contributed by atoms with E-state index in [1.807, 2.05) is 0 Å². The van der Waals surface area contributed by atoms with Gasteiger partial charge >= 0.3 is 5.69 Å². The maximum atomic E-state index is 12.8. The zero-order valence-corrected chi connectivity index (χ0v) is 12.2. The minimum Gasteiger partial charge on any atom is -0.501 e. The maximum absolute atomic E-state index is 12.8. The molecule has 0 heterocycles. The predicted molar refractivity (Wildman–Crippen MR) is 79.1 cm³/mol. The third kappa shape index (κ3) is 3.10. The highest BCUT2D eigenvalue weighted by molar-refractivity contribution is 6.39. The van der Waals surface area contributed by atoms with Crippen molar-refractivity contribution in [1.29, 1.82) is 0 Å². The van der Waals surface area contributed by atoms with E-state index in [9.17, 15) is 24.4 Å². The Morgan fingerprint density at radius 2 is 1.82 bits per heavy atom. The van der Waals surface area contributed by atoms with Gasteiger partial charge in [-0.05, 0) is 30.3 Å². The predicted octanol–water partition coefficient (Wildman–Crippen LogP) is 4.00. The number of benzene rings is 2. The Balaban J connectivity index is 2.47. The van der Waals surface area contributed by atoms with Crippen molar-refractivity contribution in [1.82, 2.24) is 0 Å². The molecule has 0 saturated heterocycles. The van der Waals surface area contributed by atoms with E-state index in [-0.39, 0.29) is 15.7 Å². The Morgan fingerprint density at radius 1 is 1.23 bits per heavy atom. The molecule has 0 fully saturated rings. The number of halogens is 3. The second kappa shape index (κ2) is 6.17. The van der Waals surface area contributed by atoms with Crippen LogP contribution in [0.5, 0.6) is 5.75 Å². The molecule has 0 aliphatic heterocycles. The van der Waals surface area contributed by atoms with Crippen LogP contribution in [0, 0.1) is 15.9 Å². The number of hydrogen-bond donors (Lipinski definition) is 2. The van der Waals surface area contributed by atoms with Crippen LogP contribution in [0.3, 0.4) is 0 Å². The number of amides is 1. The monoisotopic (exact) mass is 344 g/mol. The molecule has 2 aromatic rings. The third-order valence-corrected chi connectivity index (χ3v) is 3.28. The minimum atomic E-state index is -0.966. The van der Waals surface area contributed by atoms with Gasteiger partial charge in [0.05, 0.1) is 15.0 Å². The first-order valence-corrected chi connectivity index (χ1v) is 6.49. The molecule has 0 spiro atoms. The summed E-state index contributed by atoms with van der Waals surface area (Å²) in [4.78, 5) is 22.2. The molecule has 1 amide bonds. The summed E-state index contributed by atoms with van der Waals surface area (Å²) in [6.45, 7) is 0. The number of carbonyl (C=O) groups is 1. The topological polar surface area (TPSA) is 92.5 Å². The van der Waals surface area contributed by atoms with Gasteiger partial charge in [0.1, 0.15) is 11.4 Å². The normalized spacial score (nSPS) is 10.3. The standard InChI is InChI=1S/C13H7Cl2FN2O4/c14-8-5-9(15)12(19)11(18(21)22)10(8)13(20)17-7-3-1-6(16)2-4-7/h1-5,19H,(H,17,20). The zero-order chi connectivity index (χ0) is 16.4. The van der Waals surface area contributed by atoms with Crippen LogP contribution in [0.2, 0.25) is 10.0 Å². The second-order valence-electron chi connectivity index (χ2n) is 4.13. The van der Waals surface area contributed by atoms with Gasteiger partial charge in [-0.25, -0.2) is 4.39 Å². The van der Waals surface area contributed by atoms with Gasteiger partial charge in [0.2, 0.25) is 5.75 Å². The van der Waals surface area contributed by atoms with Gasteiger partial charge in [0.15, 0.2) is 0 Å². The van der Waals surface area contributed by atoms with Crippen LogP contribution in [0.25, 0.3) is 0 Å². The van der Waals surface area contributed by atoms with Crippen molar-refractivity contribution in [2.24, 2.45) is 0 Å². The van der Waals surface area contributed by atoms with Gasteiger partial charge in [-0.2, -0.15) is 0 Å². The molecule has 22 heavy (non-hydrogen) atoms. The lowest BCUT2D eigenvalue weighted by molar-refractivity contribution is -0.386. The first-order valence-electron chi connectivity index (χ1n) is 5.73. The molecule has 2 N–H and O–H groups in total. The van der Waals surface area contributed by atoms with Crippen molar-refractivity contribution in [3.63, 3.8) is 0 Å². The number of phenolic OH excluding ortho intramolecular Hbond substituents is 1. The number of nitro benzene ring substituents is 1. The molecule has 0 aliphatic rings. The van der Waals surface area contributed by atoms with Crippen molar-refractivity contribution in [2.75, 3.05) is 5.32 Å². The minimum absolute atomic E-state index is 0.200. The number of rotatable bonds is 3. The summed E-state index contributed by atoms with van der Waals surface area (Å²) in [6, 6.07) is 5.76. The number of aromatic hydroxyl groups is 1. The molecule has 0 aliphatic carbocycles. The Labute approximate surface area is 133 Å². The quantitative estimate of drug-likeness (QED) is 0.650. The van der Waals surface area contributed by atoms with Crippen LogP contribution in [-0.4, -0.2) is 15.9 Å². The summed E-state index contributed by atoms with van der Waals surface area (Å²) in [5, 5.41) is 22.4. The summed E-state index contributed by atoms with van der Waals surface area (Å²) >= 11 is 11.4. The lowest BCUT2D eigenvalue weighted by Gasteiger charge is -2.09. The van der Waals surface area contributed by atoms with Crippen LogP contribution < -0.4 is 5.32 Å². The molecule has 2 rings (SSSR count). The molecule has 0 bridgehead atoms. The third-order valence-electron chi connectivity index (χ3n) is 2.69. The molecule has 9 heteroatoms. The van der Waals surface area contributed by atoms with Gasteiger partial charge in [-0.3, -0.25) is 14.9 Å². The average molecular weight is 345 g/mol. The highest BCUT2D eigenvalue weighted by Crippen LogP contribution is 2.41. The van der Waals surface area contributed by atoms with Gasteiger partial charge < -0.3 is 10.4 Å². The van der Waals surface area contributed by atoms with Crippen LogP contribution in [0.4, 0.5) is 15.8 Å². The summed E-state index contributed by atoms with van der Waals surface area (Å²) in [7, 11) is 0. The van der Waals surface area contributed by atoms with Crippen LogP contribution in [-0.2, 0) is 0 Å². The Bertz CT molecular complexity index is 766. The Kier molecular flexibility index (Phi) is 4.48. The van der Waals surface area contributed by atoms with E-state index < -0.39 is 33.6 Å². The Morgan fingerprint density at radius 3 is 2.36 bits per heavy atom. The molecule has 0 atom stereocenters. The smallest absolute Gasteiger partial charge is 0.326 e. The fraction of sp³-hybridized carbons (Fsp3) is 0. The van der Waals surface area contributed by atoms with Crippen molar-refractivity contribution < 1.29 is 19.2 Å². The van der Waals surface area contributed by atoms with Gasteiger partial charge in [-0.15, -0.1) is 0 Å². The number of hydrogen-bond acceptors (Lipinski definition) is 4. The molecule has 6 nitrogen and oxygen atoms in total. The number of anilines is 1. The van der Waals surface area contributed by atoms with Crippen molar-refractivity contribution in [3.8, 4) is 5.75 Å². The van der Waals surface area contributed by atoms with Crippen LogP contribution >= 0.6 is 23.2 Å². The molecular formula is C13H7Cl2FN2O4. The summed E-state index contributed by atoms with van der Waals surface area (Å²) in [5.74, 6) is -2.30. The fourth-order valence-electron chi connectivity index (χ4n) is 1.72. The molecule has 0 unspecified atom stereocenters. The SMILES string of the molecule is O=C(Nc1ccc(F)cc1)c1c(Cl)cc(Cl)c(O)c1[N+](=O)[O-]. The average Bonchev–Trinajstić information content (AvgIpc) is 2.44. The van der Waals surface area contributed by atoms with Crippen LogP contribution in [0.15, 0.2) is 30.3 Å². The van der Waals surface area contributed by atoms with E-state index in [0.29, 0.717) is 0 Å².